The minimum atomic E-state index is -0.387. The van der Waals surface area contributed by atoms with Gasteiger partial charge in [-0.25, -0.2) is 0 Å². The van der Waals surface area contributed by atoms with Gasteiger partial charge in [0.1, 0.15) is 0 Å². The van der Waals surface area contributed by atoms with Crippen LogP contribution in [0.3, 0.4) is 0 Å². The van der Waals surface area contributed by atoms with E-state index in [2.05, 4.69) is 10.1 Å². The monoisotopic (exact) mass is 290 g/mol. The van der Waals surface area contributed by atoms with Crippen molar-refractivity contribution in [3.63, 3.8) is 0 Å². The van der Waals surface area contributed by atoms with E-state index in [1.807, 2.05) is 57.1 Å². The number of nitrogens with zero attached hydrogens (tertiary/aromatic N) is 3. The summed E-state index contributed by atoms with van der Waals surface area (Å²) in [4.78, 5) is 6.37. The van der Waals surface area contributed by atoms with Crippen LogP contribution in [0.25, 0.3) is 11.5 Å². The molecule has 2 aromatic rings. The SMILES string of the molecule is CC(C)OCC(N)c1noc(-c2cccc(N(C)C)c2)n1. The number of hydrogen-bond donors (Lipinski definition) is 1. The lowest BCUT2D eigenvalue weighted by molar-refractivity contribution is 0.0665. The van der Waals surface area contributed by atoms with Gasteiger partial charge in [-0.2, -0.15) is 4.98 Å². The third-order valence-electron chi connectivity index (χ3n) is 2.99. The Morgan fingerprint density at radius 2 is 2.10 bits per heavy atom. The smallest absolute Gasteiger partial charge is 0.258 e. The molecule has 0 amide bonds. The predicted molar refractivity (Wildman–Crippen MR) is 82.1 cm³/mol. The Morgan fingerprint density at radius 3 is 2.76 bits per heavy atom. The van der Waals surface area contributed by atoms with E-state index >= 15 is 0 Å². The van der Waals surface area contributed by atoms with Crippen LogP contribution < -0.4 is 10.6 Å². The number of nitrogens with two attached hydrogens (primary N) is 1. The molecular formula is C15H22N4O2. The molecule has 6 nitrogen and oxygen atoms in total. The second-order valence-electron chi connectivity index (χ2n) is 5.39. The van der Waals surface area contributed by atoms with Crippen LogP contribution in [0.4, 0.5) is 5.69 Å². The highest BCUT2D eigenvalue weighted by Crippen LogP contribution is 2.23. The van der Waals surface area contributed by atoms with Crippen LogP contribution in [0.1, 0.15) is 25.7 Å². The van der Waals surface area contributed by atoms with Crippen LogP contribution in [0.15, 0.2) is 28.8 Å². The quantitative estimate of drug-likeness (QED) is 0.879. The average Bonchev–Trinajstić information content (AvgIpc) is 2.94. The fourth-order valence-electron chi connectivity index (χ4n) is 1.79. The maximum absolute atomic E-state index is 5.99. The van der Waals surface area contributed by atoms with Gasteiger partial charge >= 0.3 is 0 Å². The molecule has 6 heteroatoms. The number of benzene rings is 1. The Hall–Kier alpha value is -1.92. The summed E-state index contributed by atoms with van der Waals surface area (Å²) in [5.74, 6) is 0.926. The van der Waals surface area contributed by atoms with E-state index < -0.39 is 0 Å². The zero-order chi connectivity index (χ0) is 15.4. The number of aromatic nitrogens is 2. The van der Waals surface area contributed by atoms with Crippen molar-refractivity contribution in [2.75, 3.05) is 25.6 Å². The third-order valence-corrected chi connectivity index (χ3v) is 2.99. The summed E-state index contributed by atoms with van der Waals surface area (Å²) in [6.45, 7) is 4.29. The lowest BCUT2D eigenvalue weighted by Crippen LogP contribution is -2.20. The molecule has 1 atom stereocenters. The van der Waals surface area contributed by atoms with E-state index in [9.17, 15) is 0 Å². The van der Waals surface area contributed by atoms with Gasteiger partial charge in [-0.1, -0.05) is 11.2 Å². The molecule has 0 aliphatic rings. The van der Waals surface area contributed by atoms with Crippen molar-refractivity contribution in [3.8, 4) is 11.5 Å². The molecule has 0 aliphatic heterocycles. The lowest BCUT2D eigenvalue weighted by Gasteiger charge is -2.12. The molecule has 2 rings (SSSR count). The van der Waals surface area contributed by atoms with Crippen LogP contribution in [0.2, 0.25) is 0 Å². The van der Waals surface area contributed by atoms with Gasteiger partial charge in [-0.3, -0.25) is 0 Å². The van der Waals surface area contributed by atoms with Crippen LogP contribution in [0, 0.1) is 0 Å². The van der Waals surface area contributed by atoms with E-state index in [0.29, 0.717) is 18.3 Å². The molecule has 1 heterocycles. The summed E-state index contributed by atoms with van der Waals surface area (Å²) >= 11 is 0. The molecule has 0 spiro atoms. The van der Waals surface area contributed by atoms with Crippen molar-refractivity contribution in [2.24, 2.45) is 5.73 Å². The minimum absolute atomic E-state index is 0.124. The largest absolute Gasteiger partial charge is 0.378 e. The van der Waals surface area contributed by atoms with E-state index in [1.54, 1.807) is 0 Å². The molecule has 0 aliphatic carbocycles. The minimum Gasteiger partial charge on any atom is -0.378 e. The van der Waals surface area contributed by atoms with Crippen LogP contribution >= 0.6 is 0 Å². The molecule has 114 valence electrons. The summed E-state index contributed by atoms with van der Waals surface area (Å²) in [5, 5.41) is 3.94. The van der Waals surface area contributed by atoms with E-state index in [1.165, 1.54) is 0 Å². The fraction of sp³-hybridized carbons (Fsp3) is 0.467. The lowest BCUT2D eigenvalue weighted by atomic mass is 10.2. The van der Waals surface area contributed by atoms with Crippen LogP contribution in [-0.2, 0) is 4.74 Å². The number of rotatable bonds is 6. The molecule has 0 saturated heterocycles. The second-order valence-corrected chi connectivity index (χ2v) is 5.39. The fourth-order valence-corrected chi connectivity index (χ4v) is 1.79. The highest BCUT2D eigenvalue weighted by atomic mass is 16.5. The first-order chi connectivity index (χ1) is 9.97. The molecule has 1 aromatic heterocycles. The Morgan fingerprint density at radius 1 is 1.33 bits per heavy atom. The summed E-state index contributed by atoms with van der Waals surface area (Å²) in [6, 6.07) is 7.51. The molecule has 0 radical (unpaired) electrons. The highest BCUT2D eigenvalue weighted by Gasteiger charge is 2.16. The Kier molecular flexibility index (Phi) is 4.93. The zero-order valence-electron chi connectivity index (χ0n) is 12.9. The van der Waals surface area contributed by atoms with Crippen LogP contribution in [-0.4, -0.2) is 36.9 Å². The Labute approximate surface area is 124 Å². The van der Waals surface area contributed by atoms with Gasteiger partial charge in [-0.05, 0) is 32.0 Å². The number of ether oxygens (including phenoxy) is 1. The van der Waals surface area contributed by atoms with Crippen molar-refractivity contribution in [1.29, 1.82) is 0 Å². The predicted octanol–water partition coefficient (Wildman–Crippen LogP) is 2.23. The van der Waals surface area contributed by atoms with Crippen molar-refractivity contribution >= 4 is 5.69 Å². The normalized spacial score (nSPS) is 12.7. The van der Waals surface area contributed by atoms with Gasteiger partial charge < -0.3 is 19.9 Å². The standard InChI is InChI=1S/C15H22N4O2/c1-10(2)20-9-13(16)14-17-15(21-18-14)11-6-5-7-12(8-11)19(3)4/h5-8,10,13H,9,16H2,1-4H3. The molecule has 0 fully saturated rings. The zero-order valence-corrected chi connectivity index (χ0v) is 12.9. The topological polar surface area (TPSA) is 77.4 Å². The van der Waals surface area contributed by atoms with Crippen LogP contribution in [0.5, 0.6) is 0 Å². The van der Waals surface area contributed by atoms with E-state index in [0.717, 1.165) is 11.3 Å². The molecule has 1 unspecified atom stereocenters. The van der Waals surface area contributed by atoms with Gasteiger partial charge in [0, 0.05) is 25.3 Å². The first-order valence-electron chi connectivity index (χ1n) is 6.96. The van der Waals surface area contributed by atoms with Gasteiger partial charge in [0.25, 0.3) is 5.89 Å². The van der Waals surface area contributed by atoms with Crippen molar-refractivity contribution in [3.05, 3.63) is 30.1 Å². The molecule has 2 N–H and O–H groups in total. The summed E-state index contributed by atoms with van der Waals surface area (Å²) < 4.78 is 10.8. The Balaban J connectivity index is 2.14. The maximum atomic E-state index is 5.99. The highest BCUT2D eigenvalue weighted by molar-refractivity contribution is 5.61. The number of hydrogen-bond acceptors (Lipinski definition) is 6. The van der Waals surface area contributed by atoms with Crippen molar-refractivity contribution in [1.82, 2.24) is 10.1 Å². The summed E-state index contributed by atoms with van der Waals surface area (Å²) in [6.07, 6.45) is 0.124. The van der Waals surface area contributed by atoms with Gasteiger partial charge in [-0.15, -0.1) is 0 Å². The molecular weight excluding hydrogens is 268 g/mol. The van der Waals surface area contributed by atoms with Gasteiger partial charge in [0.2, 0.25) is 0 Å². The van der Waals surface area contributed by atoms with Crippen molar-refractivity contribution < 1.29 is 9.26 Å². The Bertz CT molecular complexity index is 581. The first-order valence-corrected chi connectivity index (χ1v) is 6.96. The molecule has 0 bridgehead atoms. The summed E-state index contributed by atoms with van der Waals surface area (Å²) in [7, 11) is 3.97. The third kappa shape index (κ3) is 4.03. The average molecular weight is 290 g/mol. The van der Waals surface area contributed by atoms with E-state index in [4.69, 9.17) is 15.0 Å². The maximum Gasteiger partial charge on any atom is 0.258 e. The van der Waals surface area contributed by atoms with Gasteiger partial charge in [0.05, 0.1) is 18.8 Å². The van der Waals surface area contributed by atoms with E-state index in [-0.39, 0.29) is 12.1 Å². The van der Waals surface area contributed by atoms with Crippen molar-refractivity contribution in [2.45, 2.75) is 26.0 Å². The number of anilines is 1. The first kappa shape index (κ1) is 15.5. The molecule has 1 aromatic carbocycles. The van der Waals surface area contributed by atoms with Gasteiger partial charge in [0.15, 0.2) is 5.82 Å². The molecule has 21 heavy (non-hydrogen) atoms. The summed E-state index contributed by atoms with van der Waals surface area (Å²) in [5.41, 5.74) is 7.94. The second kappa shape index (κ2) is 6.69. The molecule has 0 saturated carbocycles.